The lowest BCUT2D eigenvalue weighted by molar-refractivity contribution is 0.0515. The Balaban J connectivity index is 1.87. The van der Waals surface area contributed by atoms with Gasteiger partial charge in [0.25, 0.3) is 0 Å². The standard InChI is InChI=1S/C19H27FN2O4/c1-19(2,3)26-18(24)21-12-13-5-7-22(8-6-13)16-10-14(17(23)25-4)9-15(20)11-16/h9-11,13H,5-8,12H2,1-4H3,(H,21,24). The lowest BCUT2D eigenvalue weighted by atomic mass is 9.96. The number of esters is 1. The smallest absolute Gasteiger partial charge is 0.407 e. The number of hydrogen-bond donors (Lipinski definition) is 1. The molecule has 0 atom stereocenters. The fraction of sp³-hybridized carbons (Fsp3) is 0.579. The molecule has 1 aromatic rings. The Morgan fingerprint density at radius 2 is 1.88 bits per heavy atom. The zero-order valence-corrected chi connectivity index (χ0v) is 15.8. The predicted octanol–water partition coefficient (Wildman–Crippen LogP) is 3.35. The summed E-state index contributed by atoms with van der Waals surface area (Å²) >= 11 is 0. The minimum absolute atomic E-state index is 0.205. The third-order valence-corrected chi connectivity index (χ3v) is 4.22. The molecule has 1 N–H and O–H groups in total. The second kappa shape index (κ2) is 8.38. The van der Waals surface area contributed by atoms with E-state index in [2.05, 4.69) is 10.1 Å². The van der Waals surface area contributed by atoms with Crippen LogP contribution in [0.15, 0.2) is 18.2 Å². The van der Waals surface area contributed by atoms with E-state index in [1.165, 1.54) is 19.2 Å². The Morgan fingerprint density at radius 3 is 2.46 bits per heavy atom. The van der Waals surface area contributed by atoms with Gasteiger partial charge in [0.15, 0.2) is 0 Å². The minimum Gasteiger partial charge on any atom is -0.465 e. The monoisotopic (exact) mass is 366 g/mol. The molecule has 6 nitrogen and oxygen atoms in total. The molecule has 1 heterocycles. The van der Waals surface area contributed by atoms with Crippen molar-refractivity contribution < 1.29 is 23.5 Å². The average molecular weight is 366 g/mol. The van der Waals surface area contributed by atoms with E-state index in [1.54, 1.807) is 6.07 Å². The highest BCUT2D eigenvalue weighted by Gasteiger charge is 2.23. The maximum atomic E-state index is 13.8. The van der Waals surface area contributed by atoms with Crippen LogP contribution in [0.3, 0.4) is 0 Å². The first kappa shape index (κ1) is 20.0. The molecule has 0 spiro atoms. The van der Waals surface area contributed by atoms with Gasteiger partial charge in [-0.25, -0.2) is 14.0 Å². The highest BCUT2D eigenvalue weighted by Crippen LogP contribution is 2.25. The number of alkyl carbamates (subject to hydrolysis) is 1. The molecule has 0 aromatic heterocycles. The number of carbonyl (C=O) groups excluding carboxylic acids is 2. The molecule has 0 bridgehead atoms. The van der Waals surface area contributed by atoms with Crippen molar-refractivity contribution in [2.24, 2.45) is 5.92 Å². The number of amides is 1. The van der Waals surface area contributed by atoms with Crippen LogP contribution in [0, 0.1) is 11.7 Å². The highest BCUT2D eigenvalue weighted by atomic mass is 19.1. The van der Waals surface area contributed by atoms with Crippen molar-refractivity contribution in [1.29, 1.82) is 0 Å². The van der Waals surface area contributed by atoms with Gasteiger partial charge in [-0.1, -0.05) is 0 Å². The molecule has 0 radical (unpaired) electrons. The molecule has 1 aromatic carbocycles. The van der Waals surface area contributed by atoms with Crippen molar-refractivity contribution in [2.75, 3.05) is 31.6 Å². The zero-order valence-electron chi connectivity index (χ0n) is 15.8. The largest absolute Gasteiger partial charge is 0.465 e. The van der Waals surface area contributed by atoms with Gasteiger partial charge in [-0.3, -0.25) is 0 Å². The molecular weight excluding hydrogens is 339 g/mol. The second-order valence-corrected chi connectivity index (χ2v) is 7.50. The molecule has 0 aliphatic carbocycles. The Labute approximate surface area is 153 Å². The van der Waals surface area contributed by atoms with Gasteiger partial charge in [0.1, 0.15) is 11.4 Å². The van der Waals surface area contributed by atoms with Crippen LogP contribution in [0.5, 0.6) is 0 Å². The van der Waals surface area contributed by atoms with E-state index >= 15 is 0 Å². The third-order valence-electron chi connectivity index (χ3n) is 4.22. The van der Waals surface area contributed by atoms with Crippen LogP contribution in [-0.4, -0.2) is 44.4 Å². The first-order valence-corrected chi connectivity index (χ1v) is 8.78. The van der Waals surface area contributed by atoms with Crippen molar-refractivity contribution in [3.63, 3.8) is 0 Å². The maximum absolute atomic E-state index is 13.8. The quantitative estimate of drug-likeness (QED) is 0.828. The number of benzene rings is 1. The van der Waals surface area contributed by atoms with Gasteiger partial charge >= 0.3 is 12.1 Å². The number of hydrogen-bond acceptors (Lipinski definition) is 5. The summed E-state index contributed by atoms with van der Waals surface area (Å²) in [5, 5.41) is 2.80. The molecular formula is C19H27FN2O4. The number of anilines is 1. The maximum Gasteiger partial charge on any atom is 0.407 e. The number of rotatable bonds is 4. The molecule has 26 heavy (non-hydrogen) atoms. The molecule has 1 aliphatic rings. The Morgan fingerprint density at radius 1 is 1.23 bits per heavy atom. The van der Waals surface area contributed by atoms with Crippen LogP contribution in [0.25, 0.3) is 0 Å². The van der Waals surface area contributed by atoms with Crippen LogP contribution in [0.1, 0.15) is 44.0 Å². The van der Waals surface area contributed by atoms with E-state index in [9.17, 15) is 14.0 Å². The van der Waals surface area contributed by atoms with Crippen molar-refractivity contribution in [3.8, 4) is 0 Å². The highest BCUT2D eigenvalue weighted by molar-refractivity contribution is 5.90. The van der Waals surface area contributed by atoms with E-state index in [0.717, 1.165) is 25.9 Å². The Bertz CT molecular complexity index is 649. The van der Waals surface area contributed by atoms with E-state index in [-0.39, 0.29) is 5.56 Å². The summed E-state index contributed by atoms with van der Waals surface area (Å²) < 4.78 is 23.7. The van der Waals surface area contributed by atoms with Crippen LogP contribution >= 0.6 is 0 Å². The molecule has 1 fully saturated rings. The van der Waals surface area contributed by atoms with Gasteiger partial charge in [-0.05, 0) is 57.7 Å². The van der Waals surface area contributed by atoms with Crippen LogP contribution in [0.4, 0.5) is 14.9 Å². The van der Waals surface area contributed by atoms with Crippen LogP contribution in [-0.2, 0) is 9.47 Å². The summed E-state index contributed by atoms with van der Waals surface area (Å²) in [6.45, 7) is 7.49. The van der Waals surface area contributed by atoms with Crippen molar-refractivity contribution in [1.82, 2.24) is 5.32 Å². The zero-order chi connectivity index (χ0) is 19.3. The lowest BCUT2D eigenvalue weighted by Gasteiger charge is -2.34. The molecule has 1 amide bonds. The fourth-order valence-corrected chi connectivity index (χ4v) is 2.93. The van der Waals surface area contributed by atoms with Crippen LogP contribution in [0.2, 0.25) is 0 Å². The molecule has 2 rings (SSSR count). The summed E-state index contributed by atoms with van der Waals surface area (Å²) in [6.07, 6.45) is 1.31. The van der Waals surface area contributed by atoms with Gasteiger partial charge in [0.2, 0.25) is 0 Å². The Kier molecular flexibility index (Phi) is 6.45. The van der Waals surface area contributed by atoms with Gasteiger partial charge in [0, 0.05) is 25.3 Å². The van der Waals surface area contributed by atoms with E-state index in [0.29, 0.717) is 18.2 Å². The first-order valence-electron chi connectivity index (χ1n) is 8.78. The minimum atomic E-state index is -0.554. The van der Waals surface area contributed by atoms with Gasteiger partial charge in [-0.2, -0.15) is 0 Å². The summed E-state index contributed by atoms with van der Waals surface area (Å²) in [6, 6.07) is 4.24. The summed E-state index contributed by atoms with van der Waals surface area (Å²) in [4.78, 5) is 25.4. The van der Waals surface area contributed by atoms with Crippen molar-refractivity contribution >= 4 is 17.7 Å². The third kappa shape index (κ3) is 5.89. The molecule has 0 unspecified atom stereocenters. The second-order valence-electron chi connectivity index (χ2n) is 7.50. The number of ether oxygens (including phenoxy) is 2. The Hall–Kier alpha value is -2.31. The van der Waals surface area contributed by atoms with Crippen LogP contribution < -0.4 is 10.2 Å². The summed E-state index contributed by atoms with van der Waals surface area (Å²) in [7, 11) is 1.27. The molecule has 144 valence electrons. The molecule has 1 aliphatic heterocycles. The molecule has 0 saturated carbocycles. The van der Waals surface area contributed by atoms with Gasteiger partial charge in [-0.15, -0.1) is 0 Å². The van der Waals surface area contributed by atoms with E-state index in [4.69, 9.17) is 4.74 Å². The van der Waals surface area contributed by atoms with Gasteiger partial charge < -0.3 is 19.7 Å². The van der Waals surface area contributed by atoms with Gasteiger partial charge in [0.05, 0.1) is 12.7 Å². The fourth-order valence-electron chi connectivity index (χ4n) is 2.93. The number of nitrogens with one attached hydrogen (secondary N) is 1. The SMILES string of the molecule is COC(=O)c1cc(F)cc(N2CCC(CNC(=O)OC(C)(C)C)CC2)c1. The summed E-state index contributed by atoms with van der Waals surface area (Å²) in [5.41, 5.74) is 0.363. The molecule has 7 heteroatoms. The predicted molar refractivity (Wildman–Crippen MR) is 96.9 cm³/mol. The number of halogens is 1. The molecule has 1 saturated heterocycles. The number of nitrogens with zero attached hydrogens (tertiary/aromatic N) is 1. The average Bonchev–Trinajstić information content (AvgIpc) is 2.57. The van der Waals surface area contributed by atoms with E-state index in [1.807, 2.05) is 25.7 Å². The van der Waals surface area contributed by atoms with Crippen molar-refractivity contribution in [3.05, 3.63) is 29.6 Å². The van der Waals surface area contributed by atoms with Crippen molar-refractivity contribution in [2.45, 2.75) is 39.2 Å². The lowest BCUT2D eigenvalue weighted by Crippen LogP contribution is -2.40. The number of methoxy groups -OCH3 is 1. The topological polar surface area (TPSA) is 67.9 Å². The number of carbonyl (C=O) groups is 2. The summed E-state index contributed by atoms with van der Waals surface area (Å²) in [5.74, 6) is -0.675. The van der Waals surface area contributed by atoms with E-state index < -0.39 is 23.5 Å². The number of piperidine rings is 1. The normalized spacial score (nSPS) is 15.5. The first-order chi connectivity index (χ1) is 12.2.